The van der Waals surface area contributed by atoms with Gasteiger partial charge in [0.2, 0.25) is 0 Å². The molecule has 2 rings (SSSR count). The summed E-state index contributed by atoms with van der Waals surface area (Å²) < 4.78 is 6.89. The fourth-order valence-corrected chi connectivity index (χ4v) is 1.63. The first kappa shape index (κ1) is 9.21. The molecule has 1 aliphatic rings. The molecular weight excluding hydrogens is 184 g/mol. The quantitative estimate of drug-likeness (QED) is 0.718. The van der Waals surface area contributed by atoms with Crippen LogP contribution in [0.5, 0.6) is 5.75 Å². The molecule has 1 aliphatic heterocycles. The Hall–Kier alpha value is -1.36. The molecule has 0 spiro atoms. The number of rotatable bonds is 3. The van der Waals surface area contributed by atoms with Crippen LogP contribution in [0.3, 0.4) is 0 Å². The molecule has 14 heavy (non-hydrogen) atoms. The summed E-state index contributed by atoms with van der Waals surface area (Å²) in [6.07, 6.45) is 4.04. The van der Waals surface area contributed by atoms with Gasteiger partial charge in [0.1, 0.15) is 5.69 Å². The number of nitrogens with zero attached hydrogens (tertiary/aromatic N) is 2. The number of ether oxygens (including phenoxy) is 1. The Labute approximate surface area is 81.3 Å². The van der Waals surface area contributed by atoms with Crippen LogP contribution < -0.4 is 0 Å². The fourth-order valence-electron chi connectivity index (χ4n) is 1.63. The lowest BCUT2D eigenvalue weighted by Gasteiger charge is -2.09. The minimum Gasteiger partial charge on any atom is -0.504 e. The molecule has 1 atom stereocenters. The predicted molar refractivity (Wildman–Crippen MR) is 48.3 cm³/mol. The molecule has 1 N–H and O–H groups in total. The third kappa shape index (κ3) is 1.63. The summed E-state index contributed by atoms with van der Waals surface area (Å²) in [5.74, 6) is -0.0713. The zero-order valence-electron chi connectivity index (χ0n) is 7.72. The zero-order chi connectivity index (χ0) is 9.97. The van der Waals surface area contributed by atoms with Crippen LogP contribution in [0.1, 0.15) is 23.3 Å². The Morgan fingerprint density at radius 3 is 3.29 bits per heavy atom. The number of hydrogen-bond acceptors (Lipinski definition) is 4. The van der Waals surface area contributed by atoms with Crippen molar-refractivity contribution in [2.75, 3.05) is 6.61 Å². The van der Waals surface area contributed by atoms with E-state index in [4.69, 9.17) is 4.74 Å². The molecule has 0 radical (unpaired) electrons. The van der Waals surface area contributed by atoms with Gasteiger partial charge >= 0.3 is 0 Å². The van der Waals surface area contributed by atoms with Gasteiger partial charge in [-0.15, -0.1) is 0 Å². The van der Waals surface area contributed by atoms with E-state index < -0.39 is 0 Å². The zero-order valence-corrected chi connectivity index (χ0v) is 7.72. The highest BCUT2D eigenvalue weighted by molar-refractivity contribution is 5.76. The van der Waals surface area contributed by atoms with Gasteiger partial charge in [0.25, 0.3) is 0 Å². The minimum absolute atomic E-state index is 0.0713. The van der Waals surface area contributed by atoms with Gasteiger partial charge in [-0.05, 0) is 12.8 Å². The summed E-state index contributed by atoms with van der Waals surface area (Å²) >= 11 is 0. The first-order valence-electron chi connectivity index (χ1n) is 4.63. The van der Waals surface area contributed by atoms with E-state index in [-0.39, 0.29) is 17.5 Å². The molecule has 76 valence electrons. The first-order valence-corrected chi connectivity index (χ1v) is 4.63. The maximum atomic E-state index is 10.6. The van der Waals surface area contributed by atoms with Gasteiger partial charge in [0.05, 0.1) is 18.8 Å². The van der Waals surface area contributed by atoms with Crippen LogP contribution in [0.4, 0.5) is 0 Å². The van der Waals surface area contributed by atoms with Crippen LogP contribution in [0.15, 0.2) is 6.20 Å². The average molecular weight is 196 g/mol. The monoisotopic (exact) mass is 196 g/mol. The molecule has 0 bridgehead atoms. The van der Waals surface area contributed by atoms with E-state index in [1.807, 2.05) is 0 Å². The number of hydrogen-bond donors (Lipinski definition) is 1. The SMILES string of the molecule is O=Cc1c(O)cnn1CC1CCCO1. The standard InChI is InChI=1S/C9H12N2O3/c12-6-8-9(13)4-10-11(8)5-7-2-1-3-14-7/h4,6-7,13H,1-3,5H2. The first-order chi connectivity index (χ1) is 6.81. The summed E-state index contributed by atoms with van der Waals surface area (Å²) in [6.45, 7) is 1.31. The van der Waals surface area contributed by atoms with Crippen LogP contribution in [0.25, 0.3) is 0 Å². The minimum atomic E-state index is -0.0713. The van der Waals surface area contributed by atoms with Crippen molar-refractivity contribution in [3.8, 4) is 5.75 Å². The van der Waals surface area contributed by atoms with E-state index in [1.165, 1.54) is 10.9 Å². The molecule has 1 aromatic rings. The van der Waals surface area contributed by atoms with Gasteiger partial charge in [0, 0.05) is 6.61 Å². The lowest BCUT2D eigenvalue weighted by Crippen LogP contribution is -2.17. The summed E-state index contributed by atoms with van der Waals surface area (Å²) in [5, 5.41) is 13.2. The molecule has 2 heterocycles. The summed E-state index contributed by atoms with van der Waals surface area (Å²) in [6, 6.07) is 0. The van der Waals surface area contributed by atoms with Crippen molar-refractivity contribution in [3.63, 3.8) is 0 Å². The third-order valence-electron chi connectivity index (χ3n) is 2.37. The number of aromatic hydroxyl groups is 1. The van der Waals surface area contributed by atoms with Crippen LogP contribution >= 0.6 is 0 Å². The van der Waals surface area contributed by atoms with Crippen LogP contribution in [-0.4, -0.2) is 33.9 Å². The molecule has 0 aliphatic carbocycles. The van der Waals surface area contributed by atoms with Crippen molar-refractivity contribution >= 4 is 6.29 Å². The number of aromatic nitrogens is 2. The largest absolute Gasteiger partial charge is 0.504 e. The number of carbonyl (C=O) groups is 1. The molecule has 0 amide bonds. The maximum Gasteiger partial charge on any atom is 0.171 e. The second-order valence-electron chi connectivity index (χ2n) is 3.35. The average Bonchev–Trinajstić information content (AvgIpc) is 2.77. The smallest absolute Gasteiger partial charge is 0.171 e. The van der Waals surface area contributed by atoms with E-state index >= 15 is 0 Å². The highest BCUT2D eigenvalue weighted by atomic mass is 16.5. The van der Waals surface area contributed by atoms with E-state index in [9.17, 15) is 9.90 Å². The fraction of sp³-hybridized carbons (Fsp3) is 0.556. The molecule has 5 heteroatoms. The molecule has 1 fully saturated rings. The summed E-state index contributed by atoms with van der Waals surface area (Å²) in [4.78, 5) is 10.6. The van der Waals surface area contributed by atoms with Gasteiger partial charge in [-0.3, -0.25) is 9.48 Å². The Kier molecular flexibility index (Phi) is 2.49. The van der Waals surface area contributed by atoms with Crippen molar-refractivity contribution in [1.82, 2.24) is 9.78 Å². The molecule has 1 aromatic heterocycles. The van der Waals surface area contributed by atoms with Gasteiger partial charge in [-0.2, -0.15) is 5.10 Å². The molecule has 0 aromatic carbocycles. The lowest BCUT2D eigenvalue weighted by atomic mass is 10.2. The maximum absolute atomic E-state index is 10.6. The lowest BCUT2D eigenvalue weighted by molar-refractivity contribution is 0.0920. The van der Waals surface area contributed by atoms with Crippen molar-refractivity contribution in [2.24, 2.45) is 0 Å². The highest BCUT2D eigenvalue weighted by Crippen LogP contribution is 2.18. The second-order valence-corrected chi connectivity index (χ2v) is 3.35. The van der Waals surface area contributed by atoms with E-state index in [0.717, 1.165) is 19.4 Å². The molecule has 0 saturated carbocycles. The van der Waals surface area contributed by atoms with Crippen molar-refractivity contribution < 1.29 is 14.6 Å². The van der Waals surface area contributed by atoms with Gasteiger partial charge < -0.3 is 9.84 Å². The van der Waals surface area contributed by atoms with Gasteiger partial charge in [-0.25, -0.2) is 0 Å². The van der Waals surface area contributed by atoms with Crippen molar-refractivity contribution in [3.05, 3.63) is 11.9 Å². The number of carbonyl (C=O) groups excluding carboxylic acids is 1. The Bertz CT molecular complexity index is 329. The van der Waals surface area contributed by atoms with Crippen molar-refractivity contribution in [1.29, 1.82) is 0 Å². The Morgan fingerprint density at radius 2 is 2.64 bits per heavy atom. The summed E-state index contributed by atoms with van der Waals surface area (Å²) in [7, 11) is 0. The van der Waals surface area contributed by atoms with E-state index in [1.54, 1.807) is 0 Å². The second kappa shape index (κ2) is 3.79. The van der Waals surface area contributed by atoms with Gasteiger partial charge in [-0.1, -0.05) is 0 Å². The number of aldehydes is 1. The van der Waals surface area contributed by atoms with E-state index in [0.29, 0.717) is 12.8 Å². The van der Waals surface area contributed by atoms with Crippen LogP contribution in [0, 0.1) is 0 Å². The molecule has 1 unspecified atom stereocenters. The normalized spacial score (nSPS) is 21.3. The Balaban J connectivity index is 2.11. The van der Waals surface area contributed by atoms with Crippen LogP contribution in [0.2, 0.25) is 0 Å². The van der Waals surface area contributed by atoms with Crippen molar-refractivity contribution in [2.45, 2.75) is 25.5 Å². The predicted octanol–water partition coefficient (Wildman–Crippen LogP) is 0.580. The van der Waals surface area contributed by atoms with Crippen LogP contribution in [-0.2, 0) is 11.3 Å². The van der Waals surface area contributed by atoms with E-state index in [2.05, 4.69) is 5.10 Å². The third-order valence-corrected chi connectivity index (χ3v) is 2.37. The molecular formula is C9H12N2O3. The molecule has 5 nitrogen and oxygen atoms in total. The highest BCUT2D eigenvalue weighted by Gasteiger charge is 2.18. The topological polar surface area (TPSA) is 64.3 Å². The Morgan fingerprint density at radius 1 is 1.79 bits per heavy atom. The molecule has 1 saturated heterocycles. The van der Waals surface area contributed by atoms with Gasteiger partial charge in [0.15, 0.2) is 12.0 Å². The summed E-state index contributed by atoms with van der Waals surface area (Å²) in [5.41, 5.74) is 0.223.